The molecule has 0 spiro atoms. The average Bonchev–Trinajstić information content (AvgIpc) is 3.32. The smallest absolute Gasteiger partial charge is 0.234 e. The summed E-state index contributed by atoms with van der Waals surface area (Å²) >= 11 is 0. The van der Waals surface area contributed by atoms with Crippen molar-refractivity contribution in [2.24, 2.45) is 0 Å². The van der Waals surface area contributed by atoms with Crippen LogP contribution in [-0.4, -0.2) is 42.4 Å². The second-order valence-corrected chi connectivity index (χ2v) is 8.14. The molecular formula is C27H30N2OY. The van der Waals surface area contributed by atoms with Gasteiger partial charge in [0, 0.05) is 46.3 Å². The number of carbonyl (C=O) groups excluding carboxylic acids is 1. The predicted octanol–water partition coefficient (Wildman–Crippen LogP) is 5.11. The van der Waals surface area contributed by atoms with E-state index in [9.17, 15) is 4.79 Å². The summed E-state index contributed by atoms with van der Waals surface area (Å²) in [7, 11) is 1.97. The maximum atomic E-state index is 13.9. The molecule has 0 saturated carbocycles. The van der Waals surface area contributed by atoms with Gasteiger partial charge < -0.3 is 9.80 Å². The van der Waals surface area contributed by atoms with Gasteiger partial charge >= 0.3 is 0 Å². The number of amides is 1. The minimum Gasteiger partial charge on any atom is -0.337 e. The zero-order valence-corrected chi connectivity index (χ0v) is 21.1. The average molecular weight is 487 g/mol. The van der Waals surface area contributed by atoms with E-state index >= 15 is 0 Å². The summed E-state index contributed by atoms with van der Waals surface area (Å²) in [6, 6.07) is 30.8. The molecule has 0 bridgehead atoms. The molecule has 1 amide bonds. The monoisotopic (exact) mass is 487 g/mol. The van der Waals surface area contributed by atoms with E-state index in [0.717, 1.165) is 30.8 Å². The van der Waals surface area contributed by atoms with E-state index in [1.165, 1.54) is 18.4 Å². The third kappa shape index (κ3) is 5.91. The largest absolute Gasteiger partial charge is 0.337 e. The van der Waals surface area contributed by atoms with Crippen LogP contribution in [0.25, 0.3) is 0 Å². The van der Waals surface area contributed by atoms with Crippen LogP contribution in [0.5, 0.6) is 0 Å². The van der Waals surface area contributed by atoms with Crippen molar-refractivity contribution in [2.45, 2.75) is 24.8 Å². The van der Waals surface area contributed by atoms with E-state index in [4.69, 9.17) is 0 Å². The van der Waals surface area contributed by atoms with Gasteiger partial charge in [0.1, 0.15) is 0 Å². The first-order valence-electron chi connectivity index (χ1n) is 10.9. The van der Waals surface area contributed by atoms with Gasteiger partial charge in [0.2, 0.25) is 5.91 Å². The Balaban J connectivity index is 0.00000272. The number of hydrogen-bond acceptors (Lipinski definition) is 2. The van der Waals surface area contributed by atoms with Gasteiger partial charge in [-0.2, -0.15) is 0 Å². The van der Waals surface area contributed by atoms with Gasteiger partial charge in [-0.1, -0.05) is 91.0 Å². The quantitative estimate of drug-likeness (QED) is 0.463. The molecule has 0 aliphatic carbocycles. The molecule has 0 N–H and O–H groups in total. The van der Waals surface area contributed by atoms with E-state index < -0.39 is 0 Å². The topological polar surface area (TPSA) is 23.6 Å². The van der Waals surface area contributed by atoms with Crippen molar-refractivity contribution in [1.29, 1.82) is 0 Å². The first kappa shape index (κ1) is 23.8. The van der Waals surface area contributed by atoms with E-state index in [1.807, 2.05) is 54.4 Å². The summed E-state index contributed by atoms with van der Waals surface area (Å²) in [5, 5.41) is 0. The Morgan fingerprint density at radius 3 is 1.65 bits per heavy atom. The Hall–Kier alpha value is -1.81. The van der Waals surface area contributed by atoms with Crippen LogP contribution in [0.15, 0.2) is 91.0 Å². The van der Waals surface area contributed by atoms with Gasteiger partial charge in [-0.25, -0.2) is 0 Å². The second kappa shape index (κ2) is 11.7. The minimum atomic E-state index is -0.304. The molecule has 157 valence electrons. The predicted molar refractivity (Wildman–Crippen MR) is 122 cm³/mol. The van der Waals surface area contributed by atoms with Crippen molar-refractivity contribution in [2.75, 3.05) is 26.7 Å². The van der Waals surface area contributed by atoms with Crippen molar-refractivity contribution in [3.63, 3.8) is 0 Å². The fraction of sp³-hybridized carbons (Fsp3) is 0.296. The molecule has 1 atom stereocenters. The summed E-state index contributed by atoms with van der Waals surface area (Å²) in [5.41, 5.74) is 3.27. The molecule has 3 nitrogen and oxygen atoms in total. The number of carbonyl (C=O) groups is 1. The first-order valence-corrected chi connectivity index (χ1v) is 10.9. The summed E-state index contributed by atoms with van der Waals surface area (Å²) < 4.78 is 0. The van der Waals surface area contributed by atoms with Crippen LogP contribution < -0.4 is 0 Å². The maximum Gasteiger partial charge on any atom is 0.234 e. The number of likely N-dealkylation sites (tertiary alicyclic amines) is 1. The van der Waals surface area contributed by atoms with Crippen LogP contribution in [0.2, 0.25) is 0 Å². The van der Waals surface area contributed by atoms with E-state index in [1.54, 1.807) is 0 Å². The number of hydrogen-bond donors (Lipinski definition) is 0. The van der Waals surface area contributed by atoms with Crippen molar-refractivity contribution >= 4 is 5.91 Å². The number of likely N-dealkylation sites (N-methyl/N-ethyl adjacent to an activating group) is 1. The molecule has 0 aromatic heterocycles. The van der Waals surface area contributed by atoms with Crippen LogP contribution in [0.4, 0.5) is 0 Å². The third-order valence-electron chi connectivity index (χ3n) is 6.14. The zero-order chi connectivity index (χ0) is 20.8. The number of nitrogens with zero attached hydrogens (tertiary/aromatic N) is 2. The van der Waals surface area contributed by atoms with Gasteiger partial charge in [0.15, 0.2) is 0 Å². The Morgan fingerprint density at radius 2 is 1.19 bits per heavy atom. The molecule has 4 rings (SSSR count). The van der Waals surface area contributed by atoms with Crippen LogP contribution in [-0.2, 0) is 37.5 Å². The number of rotatable bonds is 7. The molecule has 1 unspecified atom stereocenters. The molecule has 1 saturated heterocycles. The standard InChI is InChI=1S/C27H30N2O.Y/c1-28(25(21-29-19-11-12-20-29)22-13-5-2-6-14-22)27(30)26(23-15-7-3-8-16-23)24-17-9-4-10-18-24;/h2-10,13-18,25-26H,11-12,19-21H2,1H3;. The summed E-state index contributed by atoms with van der Waals surface area (Å²) in [4.78, 5) is 18.4. The van der Waals surface area contributed by atoms with E-state index in [2.05, 4.69) is 53.4 Å². The first-order chi connectivity index (χ1) is 14.7. The van der Waals surface area contributed by atoms with Crippen LogP contribution in [0, 0.1) is 0 Å². The maximum absolute atomic E-state index is 13.9. The molecule has 3 aromatic rings. The molecular weight excluding hydrogens is 457 g/mol. The van der Waals surface area contributed by atoms with Crippen molar-refractivity contribution in [1.82, 2.24) is 9.80 Å². The molecule has 1 aliphatic heterocycles. The molecule has 1 radical (unpaired) electrons. The third-order valence-corrected chi connectivity index (χ3v) is 6.14. The number of benzene rings is 3. The fourth-order valence-corrected chi connectivity index (χ4v) is 4.46. The Kier molecular flexibility index (Phi) is 9.01. The van der Waals surface area contributed by atoms with Crippen LogP contribution in [0.1, 0.15) is 41.5 Å². The van der Waals surface area contributed by atoms with Crippen molar-refractivity contribution < 1.29 is 37.5 Å². The SMILES string of the molecule is CN(C(=O)C(c1ccccc1)c1ccccc1)C(CN1CCCC1)c1ccccc1.[Y]. The Bertz CT molecular complexity index is 888. The second-order valence-electron chi connectivity index (χ2n) is 8.14. The summed E-state index contributed by atoms with van der Waals surface area (Å²) in [6.45, 7) is 3.11. The molecule has 4 heteroatoms. The summed E-state index contributed by atoms with van der Waals surface area (Å²) in [6.07, 6.45) is 2.49. The molecule has 1 heterocycles. The Morgan fingerprint density at radius 1 is 0.774 bits per heavy atom. The Labute approximate surface area is 211 Å². The van der Waals surface area contributed by atoms with Gasteiger partial charge in [-0.3, -0.25) is 4.79 Å². The van der Waals surface area contributed by atoms with E-state index in [-0.39, 0.29) is 50.6 Å². The van der Waals surface area contributed by atoms with E-state index in [0.29, 0.717) is 0 Å². The zero-order valence-electron chi connectivity index (χ0n) is 18.2. The minimum absolute atomic E-state index is 0. The van der Waals surface area contributed by atoms with Gasteiger partial charge in [-0.15, -0.1) is 0 Å². The fourth-order valence-electron chi connectivity index (χ4n) is 4.46. The van der Waals surface area contributed by atoms with Gasteiger partial charge in [0.25, 0.3) is 0 Å². The summed E-state index contributed by atoms with van der Waals surface area (Å²) in [5.74, 6) is -0.164. The van der Waals surface area contributed by atoms with Crippen molar-refractivity contribution in [3.05, 3.63) is 108 Å². The van der Waals surface area contributed by atoms with Crippen LogP contribution in [0.3, 0.4) is 0 Å². The van der Waals surface area contributed by atoms with Crippen molar-refractivity contribution in [3.8, 4) is 0 Å². The van der Waals surface area contributed by atoms with Crippen LogP contribution >= 0.6 is 0 Å². The molecule has 31 heavy (non-hydrogen) atoms. The molecule has 3 aromatic carbocycles. The molecule has 1 fully saturated rings. The van der Waals surface area contributed by atoms with Gasteiger partial charge in [0.05, 0.1) is 12.0 Å². The normalized spacial score (nSPS) is 14.8. The molecule has 1 aliphatic rings. The van der Waals surface area contributed by atoms with Gasteiger partial charge in [-0.05, 0) is 42.6 Å².